The predicted molar refractivity (Wildman–Crippen MR) is 64.3 cm³/mol. The molecule has 1 amide bonds. The van der Waals surface area contributed by atoms with Gasteiger partial charge in [-0.05, 0) is 31.7 Å². The Morgan fingerprint density at radius 1 is 1.44 bits per heavy atom. The molecule has 1 heterocycles. The van der Waals surface area contributed by atoms with Gasteiger partial charge in [-0.3, -0.25) is 4.79 Å². The molecule has 0 atom stereocenters. The highest BCUT2D eigenvalue weighted by atomic mass is 19.1. The lowest BCUT2D eigenvalue weighted by Crippen LogP contribution is -2.39. The van der Waals surface area contributed by atoms with Crippen LogP contribution in [0.4, 0.5) is 10.2 Å². The molecule has 2 rings (SSSR count). The molecule has 4 N–H and O–H groups in total. The summed E-state index contributed by atoms with van der Waals surface area (Å²) in [5.74, 6) is -1.55. The number of aliphatic hydroxyl groups excluding tert-OH is 1. The smallest absolute Gasteiger partial charge is 0.254 e. The van der Waals surface area contributed by atoms with Gasteiger partial charge >= 0.3 is 0 Å². The molecule has 18 heavy (non-hydrogen) atoms. The van der Waals surface area contributed by atoms with Crippen LogP contribution in [-0.4, -0.2) is 28.1 Å². The molecule has 1 fully saturated rings. The van der Waals surface area contributed by atoms with Crippen molar-refractivity contribution in [3.8, 4) is 0 Å². The molecule has 0 bridgehead atoms. The molecule has 0 aromatic carbocycles. The molecule has 0 unspecified atom stereocenters. The van der Waals surface area contributed by atoms with E-state index >= 15 is 0 Å². The number of aliphatic hydroxyl groups is 1. The normalized spacial score (nSPS) is 23.7. The fourth-order valence-electron chi connectivity index (χ4n) is 2.12. The number of nitrogens with one attached hydrogen (secondary N) is 1. The Morgan fingerprint density at radius 3 is 2.78 bits per heavy atom. The number of nitrogens with zero attached hydrogens (tertiary/aromatic N) is 1. The zero-order chi connectivity index (χ0) is 13.1. The van der Waals surface area contributed by atoms with E-state index in [9.17, 15) is 14.3 Å². The third-order valence-corrected chi connectivity index (χ3v) is 3.19. The zero-order valence-corrected chi connectivity index (χ0v) is 9.90. The molecular weight excluding hydrogens is 237 g/mol. The van der Waals surface area contributed by atoms with Crippen molar-refractivity contribution < 1.29 is 14.3 Å². The molecule has 0 radical (unpaired) electrons. The minimum atomic E-state index is -0.786. The number of halogens is 1. The summed E-state index contributed by atoms with van der Waals surface area (Å²) in [5, 5.41) is 12.1. The van der Waals surface area contributed by atoms with Gasteiger partial charge in [0.25, 0.3) is 5.91 Å². The number of carbonyl (C=O) groups excluding carboxylic acids is 1. The molecule has 0 aliphatic heterocycles. The third-order valence-electron chi connectivity index (χ3n) is 3.19. The van der Waals surface area contributed by atoms with Crippen LogP contribution in [0.25, 0.3) is 0 Å². The Hall–Kier alpha value is -1.69. The molecule has 98 valence electrons. The van der Waals surface area contributed by atoms with Crippen LogP contribution >= 0.6 is 0 Å². The van der Waals surface area contributed by atoms with Crippen molar-refractivity contribution in [3.05, 3.63) is 23.6 Å². The summed E-state index contributed by atoms with van der Waals surface area (Å²) >= 11 is 0. The van der Waals surface area contributed by atoms with Gasteiger partial charge in [-0.1, -0.05) is 0 Å². The maximum Gasteiger partial charge on any atom is 0.254 e. The van der Waals surface area contributed by atoms with Crippen LogP contribution in [0.5, 0.6) is 0 Å². The number of pyridine rings is 1. The van der Waals surface area contributed by atoms with Gasteiger partial charge in [-0.15, -0.1) is 0 Å². The number of rotatable bonds is 2. The van der Waals surface area contributed by atoms with Crippen molar-refractivity contribution in [2.45, 2.75) is 37.8 Å². The van der Waals surface area contributed by atoms with Crippen LogP contribution in [-0.2, 0) is 0 Å². The van der Waals surface area contributed by atoms with Crippen LogP contribution in [0, 0.1) is 5.82 Å². The van der Waals surface area contributed by atoms with E-state index in [0.717, 1.165) is 0 Å². The lowest BCUT2D eigenvalue weighted by atomic mass is 9.93. The van der Waals surface area contributed by atoms with Crippen molar-refractivity contribution in [2.75, 3.05) is 5.73 Å². The van der Waals surface area contributed by atoms with Crippen molar-refractivity contribution >= 4 is 11.7 Å². The molecule has 1 saturated carbocycles. The molecule has 1 aliphatic carbocycles. The predicted octanol–water partition coefficient (Wildman–Crippen LogP) is 0.836. The SMILES string of the molecule is Nc1nccc(C(=O)NC2CCC(O)CC2)c1F. The Kier molecular flexibility index (Phi) is 3.76. The Bertz CT molecular complexity index is 445. The van der Waals surface area contributed by atoms with Crippen molar-refractivity contribution in [3.63, 3.8) is 0 Å². The second-order valence-corrected chi connectivity index (χ2v) is 4.54. The van der Waals surface area contributed by atoms with E-state index < -0.39 is 11.7 Å². The van der Waals surface area contributed by atoms with Gasteiger partial charge < -0.3 is 16.2 Å². The summed E-state index contributed by atoms with van der Waals surface area (Å²) in [4.78, 5) is 15.4. The van der Waals surface area contributed by atoms with E-state index in [0.29, 0.717) is 25.7 Å². The van der Waals surface area contributed by atoms with E-state index in [4.69, 9.17) is 5.73 Å². The average molecular weight is 253 g/mol. The standard InChI is InChI=1S/C12H16FN3O2/c13-10-9(5-6-15-11(10)14)12(18)16-7-1-3-8(17)4-2-7/h5-8,17H,1-4H2,(H2,14,15)(H,16,18). The number of nitrogens with two attached hydrogens (primary N) is 1. The minimum absolute atomic E-state index is 0.0188. The first-order valence-electron chi connectivity index (χ1n) is 5.97. The first-order valence-corrected chi connectivity index (χ1v) is 5.97. The van der Waals surface area contributed by atoms with E-state index in [1.54, 1.807) is 0 Å². The fourth-order valence-corrected chi connectivity index (χ4v) is 2.12. The summed E-state index contributed by atoms with van der Waals surface area (Å²) in [6.07, 6.45) is 3.74. The first kappa shape index (κ1) is 12.8. The Morgan fingerprint density at radius 2 is 2.11 bits per heavy atom. The van der Waals surface area contributed by atoms with Gasteiger partial charge in [-0.2, -0.15) is 0 Å². The minimum Gasteiger partial charge on any atom is -0.393 e. The zero-order valence-electron chi connectivity index (χ0n) is 9.90. The Labute approximate surface area is 104 Å². The second-order valence-electron chi connectivity index (χ2n) is 4.54. The summed E-state index contributed by atoms with van der Waals surface area (Å²) < 4.78 is 13.6. The lowest BCUT2D eigenvalue weighted by Gasteiger charge is -2.26. The average Bonchev–Trinajstić information content (AvgIpc) is 2.35. The van der Waals surface area contributed by atoms with E-state index in [-0.39, 0.29) is 23.5 Å². The van der Waals surface area contributed by atoms with Crippen LogP contribution < -0.4 is 11.1 Å². The molecule has 6 heteroatoms. The van der Waals surface area contributed by atoms with E-state index in [1.807, 2.05) is 0 Å². The first-order chi connectivity index (χ1) is 8.58. The molecule has 5 nitrogen and oxygen atoms in total. The van der Waals surface area contributed by atoms with Gasteiger partial charge in [0, 0.05) is 12.2 Å². The highest BCUT2D eigenvalue weighted by molar-refractivity contribution is 5.95. The van der Waals surface area contributed by atoms with Gasteiger partial charge in [0.05, 0.1) is 11.7 Å². The molecule has 1 aromatic heterocycles. The van der Waals surface area contributed by atoms with Crippen LogP contribution in [0.3, 0.4) is 0 Å². The number of hydrogen-bond acceptors (Lipinski definition) is 4. The number of carbonyl (C=O) groups is 1. The number of nitrogen functional groups attached to an aromatic ring is 1. The van der Waals surface area contributed by atoms with Crippen LogP contribution in [0.2, 0.25) is 0 Å². The summed E-state index contributed by atoms with van der Waals surface area (Å²) in [6.45, 7) is 0. The maximum absolute atomic E-state index is 13.6. The van der Waals surface area contributed by atoms with Gasteiger partial charge in [0.1, 0.15) is 0 Å². The monoisotopic (exact) mass is 253 g/mol. The molecule has 1 aliphatic rings. The number of amides is 1. The van der Waals surface area contributed by atoms with Crippen molar-refractivity contribution in [1.82, 2.24) is 10.3 Å². The van der Waals surface area contributed by atoms with E-state index in [2.05, 4.69) is 10.3 Å². The highest BCUT2D eigenvalue weighted by Crippen LogP contribution is 2.19. The summed E-state index contributed by atoms with van der Waals surface area (Å²) in [6, 6.07) is 1.29. The second kappa shape index (κ2) is 5.30. The topological polar surface area (TPSA) is 88.2 Å². The fraction of sp³-hybridized carbons (Fsp3) is 0.500. The molecule has 0 spiro atoms. The molecule has 1 aromatic rings. The largest absolute Gasteiger partial charge is 0.393 e. The Balaban J connectivity index is 2.01. The van der Waals surface area contributed by atoms with E-state index in [1.165, 1.54) is 12.3 Å². The van der Waals surface area contributed by atoms with Gasteiger partial charge in [0.15, 0.2) is 11.6 Å². The number of anilines is 1. The van der Waals surface area contributed by atoms with Gasteiger partial charge in [-0.25, -0.2) is 9.37 Å². The van der Waals surface area contributed by atoms with Crippen molar-refractivity contribution in [1.29, 1.82) is 0 Å². The summed E-state index contributed by atoms with van der Waals surface area (Å²) in [7, 11) is 0. The quantitative estimate of drug-likeness (QED) is 0.728. The third kappa shape index (κ3) is 2.76. The number of hydrogen-bond donors (Lipinski definition) is 3. The lowest BCUT2D eigenvalue weighted by molar-refractivity contribution is 0.0864. The van der Waals surface area contributed by atoms with Crippen LogP contribution in [0.1, 0.15) is 36.0 Å². The van der Waals surface area contributed by atoms with Crippen molar-refractivity contribution in [2.24, 2.45) is 0 Å². The molecule has 0 saturated heterocycles. The highest BCUT2D eigenvalue weighted by Gasteiger charge is 2.22. The summed E-state index contributed by atoms with van der Waals surface area (Å²) in [5.41, 5.74) is 5.22. The van der Waals surface area contributed by atoms with Gasteiger partial charge in [0.2, 0.25) is 0 Å². The maximum atomic E-state index is 13.6. The van der Waals surface area contributed by atoms with Crippen LogP contribution in [0.15, 0.2) is 12.3 Å². The molecular formula is C12H16FN3O2. The number of aromatic nitrogens is 1.